The van der Waals surface area contributed by atoms with Crippen LogP contribution in [0.15, 0.2) is 26.8 Å². The summed E-state index contributed by atoms with van der Waals surface area (Å²) in [5, 5.41) is 31.8. The largest absolute Gasteiger partial charge is 0.412 e. The van der Waals surface area contributed by atoms with Gasteiger partial charge in [-0.1, -0.05) is 166 Å². The average Bonchev–Trinajstić information content (AvgIpc) is 4.11. The second-order valence-electron chi connectivity index (χ2n) is 24.2. The third kappa shape index (κ3) is 14.8. The van der Waals surface area contributed by atoms with Crippen molar-refractivity contribution < 1.29 is 43.9 Å². The maximum atomic E-state index is 5.31. The Morgan fingerprint density at radius 2 is 0.333 bits per heavy atom. The Balaban J connectivity index is 0.000000742. The Hall–Kier alpha value is -0.823. The van der Waals surface area contributed by atoms with E-state index >= 15 is 0 Å². The van der Waals surface area contributed by atoms with Gasteiger partial charge < -0.3 is 38.5 Å². The maximum Gasteiger partial charge on any atom is 0.326 e. The van der Waals surface area contributed by atoms with Gasteiger partial charge in [-0.05, 0) is 167 Å². The number of nitrogens with zero attached hydrogens (tertiary/aromatic N) is 12. The second-order valence-corrected chi connectivity index (χ2v) is 29.0. The SMILES string of the molecule is CC(C)c1nn([BH-](n2nc(C(C)C)c(Br)c2C(C)C)n2nc(C(C)C)c(Br)c2C(C)C)c(C(C)C)c1Br.CC(C)c1nn([BH-](n2nc(C(C)C)c(Br)c2C(C)C)n2nc(C(C)C)c(Br)c2C(C)C)c(C(C)C)c1Br.O.O.[Ni].[Ni]. The molecule has 0 saturated heterocycles. The van der Waals surface area contributed by atoms with Gasteiger partial charge in [0.15, 0.2) is 0 Å². The van der Waals surface area contributed by atoms with Crippen molar-refractivity contribution in [2.45, 2.75) is 237 Å². The van der Waals surface area contributed by atoms with Crippen molar-refractivity contribution in [3.8, 4) is 0 Å². The molecule has 6 aromatic heterocycles. The quantitative estimate of drug-likeness (QED) is 0.0776. The summed E-state index contributed by atoms with van der Waals surface area (Å²) in [6.45, 7) is 53.3. The summed E-state index contributed by atoms with van der Waals surface area (Å²) in [5.74, 6) is 3.31. The fraction of sp³-hybridized carbons (Fsp3) is 0.667. The van der Waals surface area contributed by atoms with Gasteiger partial charge in [0.1, 0.15) is 0 Å². The summed E-state index contributed by atoms with van der Waals surface area (Å²) in [5.41, 5.74) is 13.5. The first-order valence-electron chi connectivity index (χ1n) is 27.2. The van der Waals surface area contributed by atoms with E-state index < -0.39 is 14.2 Å². The molecule has 78 heavy (non-hydrogen) atoms. The molecule has 0 unspecified atom stereocenters. The first-order chi connectivity index (χ1) is 34.2. The van der Waals surface area contributed by atoms with E-state index in [4.69, 9.17) is 30.6 Å². The minimum atomic E-state index is -1.61. The Kier molecular flexibility index (Phi) is 29.2. The Morgan fingerprint density at radius 1 is 0.231 bits per heavy atom. The number of hydrogen-bond acceptors (Lipinski definition) is 6. The van der Waals surface area contributed by atoms with Crippen LogP contribution in [-0.4, -0.2) is 83.3 Å². The fourth-order valence-corrected chi connectivity index (χ4v) is 17.6. The van der Waals surface area contributed by atoms with Gasteiger partial charge in [0.2, 0.25) is 0 Å². The molecule has 0 fully saturated rings. The number of hydrogen-bond donors (Lipinski definition) is 0. The van der Waals surface area contributed by atoms with Gasteiger partial charge in [-0.15, -0.1) is 0 Å². The third-order valence-electron chi connectivity index (χ3n) is 13.9. The molecule has 0 aliphatic heterocycles. The summed E-state index contributed by atoms with van der Waals surface area (Å²) >= 11 is 23.7. The summed E-state index contributed by atoms with van der Waals surface area (Å²) < 4.78 is 20.0. The van der Waals surface area contributed by atoms with Crippen molar-refractivity contribution in [3.63, 3.8) is 0 Å². The minimum absolute atomic E-state index is 0. The molecule has 4 N–H and O–H groups in total. The molecular formula is C54H90B2Br6N12Ni2O2-2. The molecule has 0 bridgehead atoms. The molecule has 0 atom stereocenters. The number of aromatic nitrogens is 12. The van der Waals surface area contributed by atoms with Crippen LogP contribution in [0.5, 0.6) is 0 Å². The van der Waals surface area contributed by atoms with Crippen LogP contribution in [0.25, 0.3) is 0 Å². The van der Waals surface area contributed by atoms with Crippen LogP contribution in [-0.2, 0) is 33.0 Å². The molecule has 6 rings (SSSR count). The van der Waals surface area contributed by atoms with Gasteiger partial charge in [-0.25, -0.2) is 30.6 Å². The molecule has 0 spiro atoms. The van der Waals surface area contributed by atoms with Crippen molar-refractivity contribution in [3.05, 3.63) is 95.2 Å². The zero-order chi connectivity index (χ0) is 56.2. The van der Waals surface area contributed by atoms with E-state index in [2.05, 4.69) is 289 Å². The van der Waals surface area contributed by atoms with E-state index in [0.29, 0.717) is 0 Å². The Bertz CT molecular complexity index is 2410. The smallest absolute Gasteiger partial charge is 0.326 e. The normalized spacial score (nSPS) is 12.2. The molecule has 0 saturated carbocycles. The van der Waals surface area contributed by atoms with Gasteiger partial charge in [0, 0.05) is 67.1 Å². The first-order valence-corrected chi connectivity index (χ1v) is 32.0. The minimum Gasteiger partial charge on any atom is -0.412 e. The van der Waals surface area contributed by atoms with Gasteiger partial charge in [-0.2, -0.15) is 0 Å². The van der Waals surface area contributed by atoms with Crippen molar-refractivity contribution >= 4 is 110 Å². The topological polar surface area (TPSA) is 170 Å². The molecular weight excluding hydrogens is 1470 g/mol. The molecule has 6 aromatic rings. The number of halogens is 6. The van der Waals surface area contributed by atoms with E-state index in [-0.39, 0.29) is 115 Å². The molecule has 6 heterocycles. The van der Waals surface area contributed by atoms with Crippen LogP contribution < -0.4 is 0 Å². The zero-order valence-electron chi connectivity index (χ0n) is 50.6. The molecule has 0 aromatic carbocycles. The van der Waals surface area contributed by atoms with Crippen molar-refractivity contribution in [2.75, 3.05) is 0 Å². The Labute approximate surface area is 539 Å². The fourth-order valence-electron chi connectivity index (χ4n) is 10.4. The summed E-state index contributed by atoms with van der Waals surface area (Å²) in [6.07, 6.45) is 0. The van der Waals surface area contributed by atoms with Gasteiger partial charge in [0.05, 0.1) is 61.0 Å². The van der Waals surface area contributed by atoms with Gasteiger partial charge >= 0.3 is 14.2 Å². The van der Waals surface area contributed by atoms with E-state index in [9.17, 15) is 0 Å². The molecule has 0 aliphatic rings. The van der Waals surface area contributed by atoms with E-state index in [1.807, 2.05) is 0 Å². The molecule has 0 radical (unpaired) electrons. The van der Waals surface area contributed by atoms with Crippen LogP contribution in [0, 0.1) is 0 Å². The average molecular weight is 1560 g/mol. The summed E-state index contributed by atoms with van der Waals surface area (Å²) in [7, 11) is -3.22. The van der Waals surface area contributed by atoms with E-state index in [0.717, 1.165) is 61.0 Å². The standard InChI is InChI=1S/2C27H43BBr3N6.2Ni.2H2O/c2*1-13(2)22-19(29)25(16(7)8)35(32-22)28(36-26(17(9)10)20(30)23(33-36)14(3)4)37-27(18(11)12)21(31)24(34-37)15(5)6;;;;/h2*13-18,28H,1-12H3;;;2*1H2/q2*-1;;;;. The summed E-state index contributed by atoms with van der Waals surface area (Å²) in [4.78, 5) is 0. The van der Waals surface area contributed by atoms with Crippen LogP contribution in [0.4, 0.5) is 0 Å². The van der Waals surface area contributed by atoms with Crippen LogP contribution in [0.1, 0.15) is 306 Å². The van der Waals surface area contributed by atoms with E-state index in [1.54, 1.807) is 0 Å². The zero-order valence-corrected chi connectivity index (χ0v) is 62.1. The monoisotopic (exact) mass is 1550 g/mol. The molecule has 0 amide bonds. The van der Waals surface area contributed by atoms with Gasteiger partial charge in [0.25, 0.3) is 0 Å². The van der Waals surface area contributed by atoms with E-state index in [1.165, 1.54) is 34.2 Å². The van der Waals surface area contributed by atoms with Crippen LogP contribution in [0.2, 0.25) is 0 Å². The van der Waals surface area contributed by atoms with Crippen molar-refractivity contribution in [1.82, 2.24) is 58.1 Å². The van der Waals surface area contributed by atoms with Gasteiger partial charge in [-0.3, -0.25) is 0 Å². The van der Waals surface area contributed by atoms with Crippen LogP contribution >= 0.6 is 95.6 Å². The predicted molar refractivity (Wildman–Crippen MR) is 343 cm³/mol. The molecule has 0 aliphatic carbocycles. The first kappa shape index (κ1) is 75.2. The van der Waals surface area contributed by atoms with Crippen molar-refractivity contribution in [2.24, 2.45) is 0 Å². The molecule has 14 nitrogen and oxygen atoms in total. The maximum absolute atomic E-state index is 5.31. The predicted octanol–water partition coefficient (Wildman–Crippen LogP) is 16.3. The Morgan fingerprint density at radius 3 is 0.410 bits per heavy atom. The van der Waals surface area contributed by atoms with Crippen LogP contribution in [0.3, 0.4) is 0 Å². The molecule has 24 heteroatoms. The second kappa shape index (κ2) is 30.3. The molecule has 448 valence electrons. The number of rotatable bonds is 18. The summed E-state index contributed by atoms with van der Waals surface area (Å²) in [6, 6.07) is 0. The van der Waals surface area contributed by atoms with Crippen molar-refractivity contribution in [1.29, 1.82) is 0 Å². The third-order valence-corrected chi connectivity index (χ3v) is 18.8.